The van der Waals surface area contributed by atoms with Gasteiger partial charge in [-0.15, -0.1) is 0 Å². The van der Waals surface area contributed by atoms with Gasteiger partial charge in [-0.25, -0.2) is 34.3 Å². The van der Waals surface area contributed by atoms with Gasteiger partial charge >= 0.3 is 0 Å². The third-order valence-corrected chi connectivity index (χ3v) is 8.68. The molecular formula is C40H13FN12O5. The summed E-state index contributed by atoms with van der Waals surface area (Å²) >= 11 is 0. The molecule has 3 aromatic heterocycles. The first-order chi connectivity index (χ1) is 28.0. The molecule has 0 unspecified atom stereocenters. The lowest BCUT2D eigenvalue weighted by atomic mass is 10.1. The molecule has 3 aliphatic rings. The van der Waals surface area contributed by atoms with Crippen LogP contribution in [-0.2, 0) is 0 Å². The second-order valence-electron chi connectivity index (χ2n) is 11.8. The van der Waals surface area contributed by atoms with Crippen LogP contribution in [0.4, 0.5) is 4.39 Å². The molecule has 0 spiro atoms. The number of aromatic nitrogens is 6. The number of hydrogen-bond acceptors (Lipinski definition) is 17. The van der Waals surface area contributed by atoms with E-state index < -0.39 is 17.4 Å². The molecule has 0 fully saturated rings. The van der Waals surface area contributed by atoms with Gasteiger partial charge in [-0.05, 0) is 54.6 Å². The van der Waals surface area contributed by atoms with E-state index in [0.717, 1.165) is 6.07 Å². The van der Waals surface area contributed by atoms with Gasteiger partial charge in [0, 0.05) is 33.4 Å². The van der Waals surface area contributed by atoms with E-state index in [2.05, 4.69) is 29.9 Å². The van der Waals surface area contributed by atoms with Crippen LogP contribution >= 0.6 is 0 Å². The number of halogens is 1. The Bertz CT molecular complexity index is 3040. The summed E-state index contributed by atoms with van der Waals surface area (Å²) in [5.74, 6) is -1.25. The molecule has 3 aliphatic carbocycles. The first-order valence-corrected chi connectivity index (χ1v) is 16.1. The lowest BCUT2D eigenvalue weighted by molar-refractivity contribution is 0.103. The highest BCUT2D eigenvalue weighted by Crippen LogP contribution is 2.38. The quantitative estimate of drug-likeness (QED) is 0.246. The molecule has 3 heterocycles. The molecule has 3 aromatic carbocycles. The molecule has 0 radical (unpaired) electrons. The van der Waals surface area contributed by atoms with E-state index in [1.165, 1.54) is 37.4 Å². The summed E-state index contributed by atoms with van der Waals surface area (Å²) < 4.78 is 18.2. The van der Waals surface area contributed by atoms with E-state index in [4.69, 9.17) is 36.3 Å². The van der Waals surface area contributed by atoms with Gasteiger partial charge in [0.05, 0.1) is 7.11 Å². The van der Waals surface area contributed by atoms with Crippen LogP contribution in [0.5, 0.6) is 11.5 Å². The van der Waals surface area contributed by atoms with Crippen LogP contribution in [0, 0.1) is 73.8 Å². The highest BCUT2D eigenvalue weighted by Gasteiger charge is 2.34. The van der Waals surface area contributed by atoms with Crippen molar-refractivity contribution >= 4 is 17.3 Å². The fourth-order valence-electron chi connectivity index (χ4n) is 6.08. The van der Waals surface area contributed by atoms with Crippen LogP contribution in [0.15, 0.2) is 54.6 Å². The van der Waals surface area contributed by atoms with E-state index in [0.29, 0.717) is 33.7 Å². The molecule has 58 heavy (non-hydrogen) atoms. The Morgan fingerprint density at radius 2 is 0.793 bits per heavy atom. The molecule has 0 saturated carbocycles. The Balaban J connectivity index is 0.000000132. The molecule has 0 saturated heterocycles. The van der Waals surface area contributed by atoms with Crippen LogP contribution in [0.25, 0.3) is 33.8 Å². The van der Waals surface area contributed by atoms with Gasteiger partial charge < -0.3 is 9.84 Å². The van der Waals surface area contributed by atoms with Crippen LogP contribution in [0.3, 0.4) is 0 Å². The minimum absolute atomic E-state index is 0.0175. The van der Waals surface area contributed by atoms with Crippen molar-refractivity contribution < 1.29 is 28.6 Å². The highest BCUT2D eigenvalue weighted by atomic mass is 19.1. The van der Waals surface area contributed by atoms with Crippen LogP contribution in [0.2, 0.25) is 0 Å². The summed E-state index contributed by atoms with van der Waals surface area (Å²) in [5.41, 5.74) is 2.45. The Hall–Kier alpha value is -9.62. The number of carbonyl (C=O) groups is 3. The lowest BCUT2D eigenvalue weighted by Gasteiger charge is -2.02. The molecule has 9 rings (SSSR count). The molecule has 270 valence electrons. The van der Waals surface area contributed by atoms with Gasteiger partial charge in [0.1, 0.15) is 87.9 Å². The standard InChI is InChI=1S/C14H6N4O2.C13H3FN4O.C13H4N4O2/c1-20-7-2-3-8-9(4-7)14(19)13-12(8)17-10(5-15)11(6-16)18-13;14-6-1-2-7-8(3-6)13(19)12-11(7)17-9(4-15)10(5-16)18-12;14-4-9-10(5-15)17-12-11(16-9)7-2-1-6(18)3-8(7)13(12)19/h2-4H,1H3;1-3H;1-3,18H. The predicted molar refractivity (Wildman–Crippen MR) is 189 cm³/mol. The lowest BCUT2D eigenvalue weighted by Crippen LogP contribution is -2.04. The summed E-state index contributed by atoms with van der Waals surface area (Å²) in [7, 11) is 1.51. The average Bonchev–Trinajstić information content (AvgIpc) is 3.80. The van der Waals surface area contributed by atoms with Crippen molar-refractivity contribution in [1.29, 1.82) is 31.6 Å². The van der Waals surface area contributed by atoms with Gasteiger partial charge in [0.15, 0.2) is 34.2 Å². The second-order valence-corrected chi connectivity index (χ2v) is 11.8. The molecule has 1 N–H and O–H groups in total. The summed E-state index contributed by atoms with van der Waals surface area (Å²) in [6.45, 7) is 0. The minimum Gasteiger partial charge on any atom is -0.508 e. The Kier molecular flexibility index (Phi) is 9.06. The summed E-state index contributed by atoms with van der Waals surface area (Å²) in [6, 6.07) is 23.5. The number of fused-ring (bicyclic) bond motifs is 9. The fraction of sp³-hybridized carbons (Fsp3) is 0.0250. The van der Waals surface area contributed by atoms with E-state index >= 15 is 0 Å². The number of ether oxygens (including phenoxy) is 1. The highest BCUT2D eigenvalue weighted by molar-refractivity contribution is 6.21. The number of carbonyl (C=O) groups excluding carboxylic acids is 3. The number of aromatic hydroxyl groups is 1. The van der Waals surface area contributed by atoms with Gasteiger partial charge in [-0.1, -0.05) is 0 Å². The minimum atomic E-state index is -0.541. The number of benzene rings is 3. The molecule has 0 aliphatic heterocycles. The van der Waals surface area contributed by atoms with Crippen LogP contribution < -0.4 is 4.74 Å². The van der Waals surface area contributed by atoms with E-state index in [-0.39, 0.29) is 85.3 Å². The topological polar surface area (TPSA) is 301 Å². The van der Waals surface area contributed by atoms with Crippen molar-refractivity contribution in [3.8, 4) is 81.7 Å². The SMILES string of the molecule is COc1ccc2c(c1)C(=O)c1nc(C#N)c(C#N)nc1-2.N#Cc1nc2c(nc1C#N)-c1ccc(F)cc1C2=O.N#Cc1nc2c(nc1C#N)-c1ccc(O)cc1C2=O. The van der Waals surface area contributed by atoms with Crippen LogP contribution in [0.1, 0.15) is 82.3 Å². The van der Waals surface area contributed by atoms with E-state index in [1.54, 1.807) is 48.5 Å². The van der Waals surface area contributed by atoms with Gasteiger partial charge in [-0.3, -0.25) is 14.4 Å². The van der Waals surface area contributed by atoms with Crippen molar-refractivity contribution in [2.75, 3.05) is 7.11 Å². The summed E-state index contributed by atoms with van der Waals surface area (Å²) in [5, 5.41) is 62.8. The number of rotatable bonds is 1. The van der Waals surface area contributed by atoms with Crippen molar-refractivity contribution in [2.45, 2.75) is 0 Å². The first-order valence-electron chi connectivity index (χ1n) is 16.1. The third-order valence-electron chi connectivity index (χ3n) is 8.68. The van der Waals surface area contributed by atoms with Gasteiger partial charge in [-0.2, -0.15) is 31.6 Å². The maximum absolute atomic E-state index is 13.2. The molecule has 17 nitrogen and oxygen atoms in total. The maximum atomic E-state index is 13.2. The van der Waals surface area contributed by atoms with E-state index in [9.17, 15) is 23.9 Å². The predicted octanol–water partition coefficient (Wildman–Crippen LogP) is 4.15. The largest absolute Gasteiger partial charge is 0.508 e. The Labute approximate surface area is 324 Å². The molecular weight excluding hydrogens is 748 g/mol. The van der Waals surface area contributed by atoms with E-state index in [1.807, 2.05) is 6.07 Å². The monoisotopic (exact) mass is 760 g/mol. The zero-order valence-corrected chi connectivity index (χ0v) is 29.0. The Morgan fingerprint density at radius 3 is 1.17 bits per heavy atom. The normalized spacial score (nSPS) is 11.3. The number of nitriles is 6. The number of ketones is 3. The zero-order valence-electron chi connectivity index (χ0n) is 29.0. The van der Waals surface area contributed by atoms with Crippen molar-refractivity contribution in [3.05, 3.63) is 128 Å². The van der Waals surface area contributed by atoms with Gasteiger partial charge in [0.2, 0.25) is 17.3 Å². The fourth-order valence-corrected chi connectivity index (χ4v) is 6.08. The average molecular weight is 761 g/mol. The van der Waals surface area contributed by atoms with Crippen molar-refractivity contribution in [1.82, 2.24) is 29.9 Å². The third kappa shape index (κ3) is 5.89. The molecule has 18 heteroatoms. The number of phenols is 1. The molecule has 0 amide bonds. The number of phenolic OH excluding ortho intramolecular Hbond substituents is 1. The number of methoxy groups -OCH3 is 1. The molecule has 6 aromatic rings. The smallest absolute Gasteiger partial charge is 0.214 e. The zero-order chi connectivity index (χ0) is 41.4. The Morgan fingerprint density at radius 1 is 0.466 bits per heavy atom. The summed E-state index contributed by atoms with van der Waals surface area (Å²) in [4.78, 5) is 60.2. The number of hydrogen-bond donors (Lipinski definition) is 1. The molecule has 0 atom stereocenters. The van der Waals surface area contributed by atoms with Crippen LogP contribution in [-0.4, -0.2) is 59.5 Å². The van der Waals surface area contributed by atoms with Crippen molar-refractivity contribution in [2.24, 2.45) is 0 Å². The van der Waals surface area contributed by atoms with Gasteiger partial charge in [0.25, 0.3) is 0 Å². The van der Waals surface area contributed by atoms with Crippen molar-refractivity contribution in [3.63, 3.8) is 0 Å². The number of nitrogens with zero attached hydrogens (tertiary/aromatic N) is 12. The molecule has 0 bridgehead atoms. The summed E-state index contributed by atoms with van der Waals surface area (Å²) in [6.07, 6.45) is 0. The maximum Gasteiger partial charge on any atom is 0.214 e. The first kappa shape index (κ1) is 36.7. The second kappa shape index (κ2) is 14.3.